The van der Waals surface area contributed by atoms with Crippen LogP contribution in [0.5, 0.6) is 0 Å². The highest BCUT2D eigenvalue weighted by Gasteiger charge is 1.93. The van der Waals surface area contributed by atoms with Crippen molar-refractivity contribution < 1.29 is 30.0 Å². The number of aliphatic carboxylic acids is 2. The monoisotopic (exact) mass is 222 g/mol. The van der Waals surface area contributed by atoms with Gasteiger partial charge in [0.15, 0.2) is 0 Å². The Morgan fingerprint density at radius 3 is 1.33 bits per heavy atom. The summed E-state index contributed by atoms with van der Waals surface area (Å²) in [5.74, 6) is -1.68. The van der Waals surface area contributed by atoms with Gasteiger partial charge in [-0.05, 0) is 13.8 Å². The van der Waals surface area contributed by atoms with Crippen LogP contribution >= 0.6 is 0 Å². The summed E-state index contributed by atoms with van der Waals surface area (Å²) in [4.78, 5) is 18.9. The van der Waals surface area contributed by atoms with Crippen molar-refractivity contribution in [3.05, 3.63) is 11.6 Å². The second-order valence-electron chi connectivity index (χ2n) is 2.24. The van der Waals surface area contributed by atoms with Gasteiger partial charge in [0.05, 0.1) is 13.2 Å². The Hall–Kier alpha value is -1.40. The summed E-state index contributed by atoms with van der Waals surface area (Å²) in [7, 11) is 0. The van der Waals surface area contributed by atoms with Crippen LogP contribution in [0.25, 0.3) is 0 Å². The van der Waals surface area contributed by atoms with Crippen LogP contribution in [0.1, 0.15) is 20.8 Å². The van der Waals surface area contributed by atoms with E-state index in [0.717, 1.165) is 6.92 Å². The van der Waals surface area contributed by atoms with Gasteiger partial charge >= 0.3 is 5.97 Å². The number of allylic oxidation sites excluding steroid dienone is 1. The summed E-state index contributed by atoms with van der Waals surface area (Å²) in [5.41, 5.74) is 0.389. The van der Waals surface area contributed by atoms with Gasteiger partial charge in [0.25, 0.3) is 5.97 Å². The zero-order valence-corrected chi connectivity index (χ0v) is 9.10. The predicted octanol–water partition coefficient (Wildman–Crippen LogP) is 0.0991. The Bertz CT molecular complexity index is 191. The first-order valence-corrected chi connectivity index (χ1v) is 4.10. The molecule has 0 saturated carbocycles. The molecule has 0 heterocycles. The van der Waals surface area contributed by atoms with E-state index in [1.54, 1.807) is 19.9 Å². The molecule has 6 nitrogen and oxygen atoms in total. The SMILES string of the molecule is CC(=O)O.CC=C(C)C(=O)O.OCCO. The van der Waals surface area contributed by atoms with Crippen LogP contribution in [-0.2, 0) is 9.59 Å². The normalized spacial score (nSPS) is 9.00. The molecule has 15 heavy (non-hydrogen) atoms. The van der Waals surface area contributed by atoms with Crippen molar-refractivity contribution in [1.82, 2.24) is 0 Å². The minimum absolute atomic E-state index is 0.125. The number of hydrogen-bond donors (Lipinski definition) is 4. The molecule has 0 aliphatic heterocycles. The number of aliphatic hydroxyl groups is 2. The molecule has 0 amide bonds. The van der Waals surface area contributed by atoms with E-state index in [-0.39, 0.29) is 13.2 Å². The lowest BCUT2D eigenvalue weighted by Crippen LogP contribution is -1.93. The molecule has 0 radical (unpaired) electrons. The third-order valence-electron chi connectivity index (χ3n) is 0.870. The Labute approximate surface area is 88.5 Å². The van der Waals surface area contributed by atoms with Crippen molar-refractivity contribution >= 4 is 11.9 Å². The smallest absolute Gasteiger partial charge is 0.330 e. The maximum absolute atomic E-state index is 9.86. The van der Waals surface area contributed by atoms with E-state index in [9.17, 15) is 4.79 Å². The van der Waals surface area contributed by atoms with E-state index in [0.29, 0.717) is 5.57 Å². The molecule has 0 fully saturated rings. The van der Waals surface area contributed by atoms with E-state index in [1.807, 2.05) is 0 Å². The van der Waals surface area contributed by atoms with Gasteiger partial charge in [0, 0.05) is 12.5 Å². The van der Waals surface area contributed by atoms with Crippen molar-refractivity contribution in [3.63, 3.8) is 0 Å². The topological polar surface area (TPSA) is 115 Å². The zero-order chi connectivity index (χ0) is 12.9. The lowest BCUT2D eigenvalue weighted by molar-refractivity contribution is -0.134. The van der Waals surface area contributed by atoms with Crippen LogP contribution in [0.4, 0.5) is 0 Å². The van der Waals surface area contributed by atoms with Crippen molar-refractivity contribution in [2.45, 2.75) is 20.8 Å². The molecule has 0 saturated heterocycles. The third kappa shape index (κ3) is 45.1. The molecule has 0 aromatic carbocycles. The van der Waals surface area contributed by atoms with E-state index < -0.39 is 11.9 Å². The summed E-state index contributed by atoms with van der Waals surface area (Å²) < 4.78 is 0. The standard InChI is InChI=1S/C5H8O2.C2H4O2.C2H6O2/c1-3-4(2)5(6)7;1-2(3)4;3-1-2-4/h3H,1-2H3,(H,6,7);1H3,(H,3,4);3-4H,1-2H2. The number of carbonyl (C=O) groups is 2. The quantitative estimate of drug-likeness (QED) is 0.492. The van der Waals surface area contributed by atoms with Gasteiger partial charge in [-0.3, -0.25) is 4.79 Å². The zero-order valence-electron chi connectivity index (χ0n) is 9.10. The molecule has 0 aliphatic carbocycles. The second kappa shape index (κ2) is 15.1. The van der Waals surface area contributed by atoms with Gasteiger partial charge in [-0.15, -0.1) is 0 Å². The Morgan fingerprint density at radius 2 is 1.33 bits per heavy atom. The van der Waals surface area contributed by atoms with Gasteiger partial charge in [-0.2, -0.15) is 0 Å². The molecule has 0 atom stereocenters. The highest BCUT2D eigenvalue weighted by molar-refractivity contribution is 5.85. The highest BCUT2D eigenvalue weighted by atomic mass is 16.4. The van der Waals surface area contributed by atoms with E-state index in [1.165, 1.54) is 0 Å². The number of hydrogen-bond acceptors (Lipinski definition) is 4. The summed E-state index contributed by atoms with van der Waals surface area (Å²) >= 11 is 0. The molecule has 0 aromatic heterocycles. The molecule has 0 bridgehead atoms. The Balaban J connectivity index is -0.000000155. The van der Waals surface area contributed by atoms with Crippen LogP contribution < -0.4 is 0 Å². The largest absolute Gasteiger partial charge is 0.481 e. The maximum Gasteiger partial charge on any atom is 0.330 e. The summed E-state index contributed by atoms with van der Waals surface area (Å²) in [6.45, 7) is 4.09. The number of rotatable bonds is 2. The summed E-state index contributed by atoms with van der Waals surface area (Å²) in [5, 5.41) is 30.8. The number of carboxylic acid groups (broad SMARTS) is 2. The second-order valence-corrected chi connectivity index (χ2v) is 2.24. The van der Waals surface area contributed by atoms with E-state index in [2.05, 4.69) is 0 Å². The van der Waals surface area contributed by atoms with Crippen molar-refractivity contribution in [2.24, 2.45) is 0 Å². The lowest BCUT2D eigenvalue weighted by Gasteiger charge is -1.84. The maximum atomic E-state index is 9.86. The molecule has 4 N–H and O–H groups in total. The number of carboxylic acids is 2. The third-order valence-corrected chi connectivity index (χ3v) is 0.870. The van der Waals surface area contributed by atoms with Gasteiger partial charge in [-0.25, -0.2) is 4.79 Å². The minimum atomic E-state index is -0.845. The lowest BCUT2D eigenvalue weighted by atomic mass is 10.3. The Morgan fingerprint density at radius 1 is 1.07 bits per heavy atom. The highest BCUT2D eigenvalue weighted by Crippen LogP contribution is 1.87. The van der Waals surface area contributed by atoms with E-state index in [4.69, 9.17) is 25.2 Å². The fourth-order valence-electron chi connectivity index (χ4n) is 0.123. The summed E-state index contributed by atoms with van der Waals surface area (Å²) in [6.07, 6.45) is 1.56. The van der Waals surface area contributed by atoms with Crippen LogP contribution in [0.2, 0.25) is 0 Å². The fourth-order valence-corrected chi connectivity index (χ4v) is 0.123. The molecule has 90 valence electrons. The van der Waals surface area contributed by atoms with E-state index >= 15 is 0 Å². The van der Waals surface area contributed by atoms with Crippen LogP contribution in [0, 0.1) is 0 Å². The van der Waals surface area contributed by atoms with Crippen LogP contribution in [0.3, 0.4) is 0 Å². The molecule has 0 aliphatic rings. The molecular formula is C9H18O6. The van der Waals surface area contributed by atoms with Crippen molar-refractivity contribution in [3.8, 4) is 0 Å². The van der Waals surface area contributed by atoms with Crippen LogP contribution in [0.15, 0.2) is 11.6 Å². The molecule has 0 spiro atoms. The average molecular weight is 222 g/mol. The van der Waals surface area contributed by atoms with Gasteiger partial charge in [-0.1, -0.05) is 6.08 Å². The van der Waals surface area contributed by atoms with Crippen molar-refractivity contribution in [1.29, 1.82) is 0 Å². The minimum Gasteiger partial charge on any atom is -0.481 e. The molecule has 6 heteroatoms. The van der Waals surface area contributed by atoms with Gasteiger partial charge in [0.1, 0.15) is 0 Å². The molecule has 0 rings (SSSR count). The number of aliphatic hydroxyl groups excluding tert-OH is 2. The summed E-state index contributed by atoms with van der Waals surface area (Å²) in [6, 6.07) is 0. The fraction of sp³-hybridized carbons (Fsp3) is 0.556. The van der Waals surface area contributed by atoms with Crippen LogP contribution in [-0.4, -0.2) is 45.6 Å². The Kier molecular flexibility index (Phi) is 19.3. The average Bonchev–Trinajstić information content (AvgIpc) is 2.16. The first-order chi connectivity index (χ1) is 6.83. The predicted molar refractivity (Wildman–Crippen MR) is 54.5 cm³/mol. The van der Waals surface area contributed by atoms with Gasteiger partial charge in [0.2, 0.25) is 0 Å². The molecule has 0 aromatic rings. The van der Waals surface area contributed by atoms with Crippen molar-refractivity contribution in [2.75, 3.05) is 13.2 Å². The first-order valence-electron chi connectivity index (χ1n) is 4.10. The first kappa shape index (κ1) is 19.2. The van der Waals surface area contributed by atoms with Gasteiger partial charge < -0.3 is 20.4 Å². The molecular weight excluding hydrogens is 204 g/mol. The molecule has 0 unspecified atom stereocenters.